The van der Waals surface area contributed by atoms with Gasteiger partial charge in [-0.1, -0.05) is 30.3 Å². The first-order chi connectivity index (χ1) is 9.20. The fraction of sp³-hybridized carbons (Fsp3) is 0.467. The van der Waals surface area contributed by atoms with Crippen molar-refractivity contribution in [3.8, 4) is 0 Å². The average Bonchev–Trinajstić information content (AvgIpc) is 2.87. The van der Waals surface area contributed by atoms with Crippen molar-refractivity contribution in [2.24, 2.45) is 5.92 Å². The van der Waals surface area contributed by atoms with E-state index in [-0.39, 0.29) is 12.0 Å². The fourth-order valence-electron chi connectivity index (χ4n) is 2.51. The predicted octanol–water partition coefficient (Wildman–Crippen LogP) is 1.81. The van der Waals surface area contributed by atoms with Crippen LogP contribution in [0.1, 0.15) is 24.9 Å². The molecule has 19 heavy (non-hydrogen) atoms. The lowest BCUT2D eigenvalue weighted by Gasteiger charge is -2.23. The maximum atomic E-state index is 11.3. The third kappa shape index (κ3) is 3.64. The van der Waals surface area contributed by atoms with Gasteiger partial charge in [0.1, 0.15) is 6.29 Å². The topological polar surface area (TPSA) is 46.6 Å². The zero-order valence-electron chi connectivity index (χ0n) is 11.1. The van der Waals surface area contributed by atoms with Crippen LogP contribution >= 0.6 is 0 Å². The summed E-state index contributed by atoms with van der Waals surface area (Å²) in [5.41, 5.74) is 1.02. The molecule has 1 aromatic carbocycles. The third-order valence-corrected chi connectivity index (χ3v) is 3.50. The zero-order chi connectivity index (χ0) is 13.7. The lowest BCUT2D eigenvalue weighted by atomic mass is 10.1. The van der Waals surface area contributed by atoms with Crippen molar-refractivity contribution in [2.45, 2.75) is 19.4 Å². The van der Waals surface area contributed by atoms with Crippen molar-refractivity contribution in [3.63, 3.8) is 0 Å². The van der Waals surface area contributed by atoms with Crippen LogP contribution in [0.15, 0.2) is 30.3 Å². The van der Waals surface area contributed by atoms with Gasteiger partial charge >= 0.3 is 5.97 Å². The van der Waals surface area contributed by atoms with Gasteiger partial charge in [-0.05, 0) is 18.5 Å². The summed E-state index contributed by atoms with van der Waals surface area (Å²) in [6.07, 6.45) is 1.95. The van der Waals surface area contributed by atoms with E-state index in [2.05, 4.69) is 4.90 Å². The first-order valence-electron chi connectivity index (χ1n) is 6.58. The summed E-state index contributed by atoms with van der Waals surface area (Å²) in [4.78, 5) is 24.3. The molecule has 1 saturated heterocycles. The molecule has 4 heteroatoms. The molecule has 2 atom stereocenters. The Morgan fingerprint density at radius 1 is 1.47 bits per heavy atom. The molecule has 102 valence electrons. The summed E-state index contributed by atoms with van der Waals surface area (Å²) in [7, 11) is 0. The molecule has 4 nitrogen and oxygen atoms in total. The van der Waals surface area contributed by atoms with Crippen molar-refractivity contribution < 1.29 is 14.3 Å². The number of hydrogen-bond donors (Lipinski definition) is 0. The van der Waals surface area contributed by atoms with E-state index in [1.807, 2.05) is 30.3 Å². The maximum Gasteiger partial charge on any atom is 0.302 e. The van der Waals surface area contributed by atoms with Crippen molar-refractivity contribution in [1.82, 2.24) is 4.90 Å². The summed E-state index contributed by atoms with van der Waals surface area (Å²) in [5.74, 6) is 0.0866. The van der Waals surface area contributed by atoms with Crippen LogP contribution in [-0.4, -0.2) is 36.9 Å². The Bertz CT molecular complexity index is 432. The van der Waals surface area contributed by atoms with E-state index in [9.17, 15) is 9.59 Å². The molecule has 2 unspecified atom stereocenters. The smallest absolute Gasteiger partial charge is 0.302 e. The van der Waals surface area contributed by atoms with Crippen LogP contribution in [0.5, 0.6) is 0 Å². The minimum atomic E-state index is -0.242. The molecule has 0 bridgehead atoms. The number of rotatable bonds is 5. The number of benzene rings is 1. The molecule has 1 aromatic rings. The summed E-state index contributed by atoms with van der Waals surface area (Å²) in [6.45, 7) is 3.53. The molecule has 1 aliphatic rings. The normalized spacial score (nSPS) is 21.0. The Hall–Kier alpha value is -1.68. The molecule has 0 saturated carbocycles. The summed E-state index contributed by atoms with van der Waals surface area (Å²) < 4.78 is 5.04. The molecule has 1 aliphatic heterocycles. The first kappa shape index (κ1) is 13.7. The van der Waals surface area contributed by atoms with Gasteiger partial charge in [-0.15, -0.1) is 0 Å². The first-order valence-corrected chi connectivity index (χ1v) is 6.58. The second kappa shape index (κ2) is 6.48. The average molecular weight is 261 g/mol. The molecule has 0 spiro atoms. The fourth-order valence-corrected chi connectivity index (χ4v) is 2.51. The predicted molar refractivity (Wildman–Crippen MR) is 71.6 cm³/mol. The SMILES string of the molecule is CC(=O)OCC1CCN(C(C=O)c2ccccc2)C1. The number of carbonyl (C=O) groups is 2. The number of hydrogen-bond acceptors (Lipinski definition) is 4. The van der Waals surface area contributed by atoms with E-state index in [0.717, 1.165) is 31.4 Å². The molecule has 0 N–H and O–H groups in total. The number of nitrogens with zero attached hydrogens (tertiary/aromatic N) is 1. The lowest BCUT2D eigenvalue weighted by molar-refractivity contribution is -0.142. The highest BCUT2D eigenvalue weighted by atomic mass is 16.5. The van der Waals surface area contributed by atoms with Gasteiger partial charge in [0.05, 0.1) is 12.6 Å². The number of likely N-dealkylation sites (tertiary alicyclic amines) is 1. The van der Waals surface area contributed by atoms with E-state index in [1.54, 1.807) is 0 Å². The molecule has 0 aromatic heterocycles. The van der Waals surface area contributed by atoms with E-state index in [0.29, 0.717) is 12.5 Å². The van der Waals surface area contributed by atoms with E-state index in [4.69, 9.17) is 4.74 Å². The number of carbonyl (C=O) groups excluding carboxylic acids is 2. The van der Waals surface area contributed by atoms with Gasteiger partial charge in [0.25, 0.3) is 0 Å². The van der Waals surface area contributed by atoms with Crippen molar-refractivity contribution in [3.05, 3.63) is 35.9 Å². The van der Waals surface area contributed by atoms with Gasteiger partial charge in [0.15, 0.2) is 0 Å². The standard InChI is InChI=1S/C15H19NO3/c1-12(18)19-11-13-7-8-16(9-13)15(10-17)14-5-3-2-4-6-14/h2-6,10,13,15H,7-9,11H2,1H3. The highest BCUT2D eigenvalue weighted by Gasteiger charge is 2.29. The minimum Gasteiger partial charge on any atom is -0.466 e. The molecular formula is C15H19NO3. The summed E-state index contributed by atoms with van der Waals surface area (Å²) in [5, 5.41) is 0. The van der Waals surface area contributed by atoms with Gasteiger partial charge in [-0.2, -0.15) is 0 Å². The Kier molecular flexibility index (Phi) is 4.68. The van der Waals surface area contributed by atoms with Gasteiger partial charge < -0.3 is 9.53 Å². The number of esters is 1. The Morgan fingerprint density at radius 2 is 2.21 bits per heavy atom. The van der Waals surface area contributed by atoms with Crippen molar-refractivity contribution in [2.75, 3.05) is 19.7 Å². The molecular weight excluding hydrogens is 242 g/mol. The second-order valence-corrected chi connectivity index (χ2v) is 4.94. The van der Waals surface area contributed by atoms with Crippen LogP contribution < -0.4 is 0 Å². The molecule has 1 fully saturated rings. The zero-order valence-corrected chi connectivity index (χ0v) is 11.1. The van der Waals surface area contributed by atoms with Gasteiger partial charge in [0, 0.05) is 19.4 Å². The molecule has 1 heterocycles. The van der Waals surface area contributed by atoms with E-state index in [1.165, 1.54) is 6.92 Å². The Morgan fingerprint density at radius 3 is 2.84 bits per heavy atom. The van der Waals surface area contributed by atoms with Crippen LogP contribution in [0, 0.1) is 5.92 Å². The van der Waals surface area contributed by atoms with Crippen LogP contribution in [0.2, 0.25) is 0 Å². The van der Waals surface area contributed by atoms with Crippen LogP contribution in [0.25, 0.3) is 0 Å². The number of aldehydes is 1. The minimum absolute atomic E-state index is 0.191. The highest BCUT2D eigenvalue weighted by molar-refractivity contribution is 5.65. The second-order valence-electron chi connectivity index (χ2n) is 4.94. The van der Waals surface area contributed by atoms with E-state index < -0.39 is 0 Å². The molecule has 0 amide bonds. The third-order valence-electron chi connectivity index (χ3n) is 3.50. The highest BCUT2D eigenvalue weighted by Crippen LogP contribution is 2.26. The van der Waals surface area contributed by atoms with Gasteiger partial charge in [-0.25, -0.2) is 0 Å². The van der Waals surface area contributed by atoms with Gasteiger partial charge in [0.2, 0.25) is 0 Å². The molecule has 2 rings (SSSR count). The summed E-state index contributed by atoms with van der Waals surface area (Å²) >= 11 is 0. The monoisotopic (exact) mass is 261 g/mol. The van der Waals surface area contributed by atoms with Crippen LogP contribution in [0.4, 0.5) is 0 Å². The largest absolute Gasteiger partial charge is 0.466 e. The van der Waals surface area contributed by atoms with Gasteiger partial charge in [-0.3, -0.25) is 9.69 Å². The molecule has 0 aliphatic carbocycles. The number of ether oxygens (including phenoxy) is 1. The van der Waals surface area contributed by atoms with Crippen LogP contribution in [-0.2, 0) is 14.3 Å². The summed E-state index contributed by atoms with van der Waals surface area (Å²) in [6, 6.07) is 9.58. The maximum absolute atomic E-state index is 11.3. The lowest BCUT2D eigenvalue weighted by Crippen LogP contribution is -2.28. The van der Waals surface area contributed by atoms with Crippen molar-refractivity contribution in [1.29, 1.82) is 0 Å². The van der Waals surface area contributed by atoms with E-state index >= 15 is 0 Å². The van der Waals surface area contributed by atoms with Crippen molar-refractivity contribution >= 4 is 12.3 Å². The molecule has 0 radical (unpaired) electrons. The Labute approximate surface area is 113 Å². The quantitative estimate of drug-likeness (QED) is 0.599. The Balaban J connectivity index is 1.95. The van der Waals surface area contributed by atoms with Crippen LogP contribution in [0.3, 0.4) is 0 Å².